The predicted octanol–water partition coefficient (Wildman–Crippen LogP) is 0.781. The average molecular weight is 98.1 g/mol. The van der Waals surface area contributed by atoms with E-state index in [2.05, 4.69) is 5.92 Å². The Morgan fingerprint density at radius 3 is 2.57 bits per heavy atom. The molecule has 0 aromatic carbocycles. The van der Waals surface area contributed by atoms with Crippen LogP contribution in [0.5, 0.6) is 0 Å². The van der Waals surface area contributed by atoms with Crippen LogP contribution < -0.4 is 0 Å². The second kappa shape index (κ2) is 3.70. The molecule has 0 heterocycles. The Morgan fingerprint density at radius 2 is 2.43 bits per heavy atom. The first-order valence-corrected chi connectivity index (χ1v) is 2.39. The molecule has 1 heteroatoms. The zero-order valence-corrected chi connectivity index (χ0v) is 4.52. The largest absolute Gasteiger partial charge is 0.393 e. The molecule has 0 fully saturated rings. The van der Waals surface area contributed by atoms with Crippen LogP contribution in [0, 0.1) is 12.3 Å². The second-order valence-electron chi connectivity index (χ2n) is 1.59. The van der Waals surface area contributed by atoms with Gasteiger partial charge in [0.25, 0.3) is 0 Å². The van der Waals surface area contributed by atoms with Gasteiger partial charge in [-0.1, -0.05) is 0 Å². The van der Waals surface area contributed by atoms with Gasteiger partial charge in [0.2, 0.25) is 0 Å². The predicted molar refractivity (Wildman–Crippen MR) is 29.7 cm³/mol. The van der Waals surface area contributed by atoms with Crippen LogP contribution in [-0.4, -0.2) is 11.2 Å². The van der Waals surface area contributed by atoms with Gasteiger partial charge in [0.1, 0.15) is 0 Å². The Hall–Kier alpha value is -0.480. The topological polar surface area (TPSA) is 20.2 Å². The van der Waals surface area contributed by atoms with E-state index in [4.69, 9.17) is 11.5 Å². The summed E-state index contributed by atoms with van der Waals surface area (Å²) in [5, 5.41) is 8.59. The van der Waals surface area contributed by atoms with E-state index in [-0.39, 0.29) is 6.10 Å². The van der Waals surface area contributed by atoms with Crippen LogP contribution in [0.4, 0.5) is 0 Å². The number of hydrogen-bond acceptors (Lipinski definition) is 1. The van der Waals surface area contributed by atoms with E-state index >= 15 is 0 Å². The molecule has 0 aromatic heterocycles. The SMILES string of the molecule is C#CCC[C@H](C)O. The third kappa shape index (κ3) is 5.52. The van der Waals surface area contributed by atoms with Crippen LogP contribution >= 0.6 is 0 Å². The molecule has 0 unspecified atom stereocenters. The van der Waals surface area contributed by atoms with Crippen molar-refractivity contribution in [2.45, 2.75) is 25.9 Å². The van der Waals surface area contributed by atoms with Crippen LogP contribution in [0.25, 0.3) is 0 Å². The molecule has 7 heavy (non-hydrogen) atoms. The van der Waals surface area contributed by atoms with Gasteiger partial charge >= 0.3 is 0 Å². The van der Waals surface area contributed by atoms with Gasteiger partial charge in [0.05, 0.1) is 6.10 Å². The van der Waals surface area contributed by atoms with Gasteiger partial charge in [-0.3, -0.25) is 0 Å². The van der Waals surface area contributed by atoms with E-state index in [0.717, 1.165) is 6.42 Å². The average Bonchev–Trinajstić information content (AvgIpc) is 1.61. The fourth-order valence-electron chi connectivity index (χ4n) is 0.292. The standard InChI is InChI=1S/C6H10O/c1-3-4-5-6(2)7/h1,6-7H,4-5H2,2H3/t6-/m0/s1. The lowest BCUT2D eigenvalue weighted by Gasteiger charge is -1.95. The summed E-state index contributed by atoms with van der Waals surface area (Å²) in [4.78, 5) is 0. The van der Waals surface area contributed by atoms with Crippen LogP contribution in [0.3, 0.4) is 0 Å². The zero-order chi connectivity index (χ0) is 5.70. The first-order chi connectivity index (χ1) is 3.27. The van der Waals surface area contributed by atoms with Crippen molar-refractivity contribution in [1.82, 2.24) is 0 Å². The summed E-state index contributed by atoms with van der Waals surface area (Å²) in [7, 11) is 0. The van der Waals surface area contributed by atoms with Crippen molar-refractivity contribution in [2.24, 2.45) is 0 Å². The molecule has 0 rings (SSSR count). The maximum absolute atomic E-state index is 8.59. The highest BCUT2D eigenvalue weighted by Gasteiger charge is 1.89. The molecule has 1 atom stereocenters. The van der Waals surface area contributed by atoms with Gasteiger partial charge in [-0.25, -0.2) is 0 Å². The molecular weight excluding hydrogens is 88.1 g/mol. The number of aliphatic hydroxyl groups is 1. The molecule has 1 nitrogen and oxygen atoms in total. The van der Waals surface area contributed by atoms with Crippen molar-refractivity contribution < 1.29 is 5.11 Å². The molecule has 0 saturated heterocycles. The number of rotatable bonds is 2. The smallest absolute Gasteiger partial charge is 0.0521 e. The molecule has 40 valence electrons. The highest BCUT2D eigenvalue weighted by atomic mass is 16.3. The monoisotopic (exact) mass is 98.1 g/mol. The molecule has 0 amide bonds. The van der Waals surface area contributed by atoms with Gasteiger partial charge in [-0.15, -0.1) is 12.3 Å². The van der Waals surface area contributed by atoms with Crippen molar-refractivity contribution in [3.8, 4) is 12.3 Å². The first-order valence-electron chi connectivity index (χ1n) is 2.39. The van der Waals surface area contributed by atoms with E-state index in [1.165, 1.54) is 0 Å². The molecule has 0 saturated carbocycles. The van der Waals surface area contributed by atoms with Gasteiger partial charge < -0.3 is 5.11 Å². The van der Waals surface area contributed by atoms with E-state index in [1.54, 1.807) is 6.92 Å². The molecule has 0 aromatic rings. The third-order valence-corrected chi connectivity index (χ3v) is 0.706. The van der Waals surface area contributed by atoms with Crippen LogP contribution in [0.1, 0.15) is 19.8 Å². The highest BCUT2D eigenvalue weighted by Crippen LogP contribution is 1.91. The Kier molecular flexibility index (Phi) is 3.45. The number of terminal acetylenes is 1. The van der Waals surface area contributed by atoms with Crippen LogP contribution in [0.15, 0.2) is 0 Å². The fourth-order valence-corrected chi connectivity index (χ4v) is 0.292. The Balaban J connectivity index is 2.86. The van der Waals surface area contributed by atoms with Gasteiger partial charge in [0, 0.05) is 6.42 Å². The first kappa shape index (κ1) is 6.52. The number of hydrogen-bond donors (Lipinski definition) is 1. The minimum absolute atomic E-state index is 0.240. The molecule has 0 bridgehead atoms. The Morgan fingerprint density at radius 1 is 1.86 bits per heavy atom. The molecular formula is C6H10O. The zero-order valence-electron chi connectivity index (χ0n) is 4.52. The van der Waals surface area contributed by atoms with Crippen molar-refractivity contribution in [3.05, 3.63) is 0 Å². The fraction of sp³-hybridized carbons (Fsp3) is 0.667. The lowest BCUT2D eigenvalue weighted by Crippen LogP contribution is -1.96. The third-order valence-electron chi connectivity index (χ3n) is 0.706. The number of aliphatic hydroxyl groups excluding tert-OH is 1. The summed E-state index contributed by atoms with van der Waals surface area (Å²) in [6, 6.07) is 0. The van der Waals surface area contributed by atoms with Crippen molar-refractivity contribution in [1.29, 1.82) is 0 Å². The van der Waals surface area contributed by atoms with Gasteiger partial charge in [-0.2, -0.15) is 0 Å². The Bertz CT molecular complexity index is 68.7. The van der Waals surface area contributed by atoms with Crippen molar-refractivity contribution in [3.63, 3.8) is 0 Å². The van der Waals surface area contributed by atoms with Crippen LogP contribution in [0.2, 0.25) is 0 Å². The summed E-state index contributed by atoms with van der Waals surface area (Å²) in [5.74, 6) is 2.44. The Labute approximate surface area is 44.4 Å². The normalized spacial score (nSPS) is 12.7. The van der Waals surface area contributed by atoms with E-state index in [0.29, 0.717) is 6.42 Å². The van der Waals surface area contributed by atoms with Crippen molar-refractivity contribution in [2.75, 3.05) is 0 Å². The summed E-state index contributed by atoms with van der Waals surface area (Å²) in [6.07, 6.45) is 6.07. The van der Waals surface area contributed by atoms with Gasteiger partial charge in [0.15, 0.2) is 0 Å². The van der Waals surface area contributed by atoms with E-state index in [9.17, 15) is 0 Å². The molecule has 0 radical (unpaired) electrons. The second-order valence-corrected chi connectivity index (χ2v) is 1.59. The summed E-state index contributed by atoms with van der Waals surface area (Å²) in [6.45, 7) is 1.73. The maximum Gasteiger partial charge on any atom is 0.0521 e. The highest BCUT2D eigenvalue weighted by molar-refractivity contribution is 4.83. The lowest BCUT2D eigenvalue weighted by atomic mass is 10.2. The summed E-state index contributed by atoms with van der Waals surface area (Å²) in [5.41, 5.74) is 0. The van der Waals surface area contributed by atoms with E-state index < -0.39 is 0 Å². The van der Waals surface area contributed by atoms with E-state index in [1.807, 2.05) is 0 Å². The minimum atomic E-state index is -0.240. The quantitative estimate of drug-likeness (QED) is 0.506. The summed E-state index contributed by atoms with van der Waals surface area (Å²) >= 11 is 0. The summed E-state index contributed by atoms with van der Waals surface area (Å²) < 4.78 is 0. The molecule has 0 aliphatic rings. The lowest BCUT2D eigenvalue weighted by molar-refractivity contribution is 0.186. The minimum Gasteiger partial charge on any atom is -0.393 e. The molecule has 1 N–H and O–H groups in total. The van der Waals surface area contributed by atoms with Crippen molar-refractivity contribution >= 4 is 0 Å². The molecule has 0 aliphatic carbocycles. The molecule has 0 aliphatic heterocycles. The van der Waals surface area contributed by atoms with Gasteiger partial charge in [-0.05, 0) is 13.3 Å². The maximum atomic E-state index is 8.59. The van der Waals surface area contributed by atoms with Crippen LogP contribution in [-0.2, 0) is 0 Å². The molecule has 0 spiro atoms.